The maximum Gasteiger partial charge on any atom is 0.145 e. The van der Waals surface area contributed by atoms with Gasteiger partial charge in [0.2, 0.25) is 0 Å². The van der Waals surface area contributed by atoms with Gasteiger partial charge < -0.3 is 10.1 Å². The standard InChI is InChI=1S/C11H16FNO/c1-4-14-11-7-9(12)5-6-10(11)13-8(2)3/h5-8,13H,4H2,1-3H3. The van der Waals surface area contributed by atoms with Crippen LogP contribution in [0.1, 0.15) is 20.8 Å². The van der Waals surface area contributed by atoms with E-state index in [-0.39, 0.29) is 5.82 Å². The van der Waals surface area contributed by atoms with Crippen molar-refractivity contribution in [3.63, 3.8) is 0 Å². The first-order valence-electron chi connectivity index (χ1n) is 4.82. The molecule has 0 aliphatic carbocycles. The van der Waals surface area contributed by atoms with Gasteiger partial charge in [0.05, 0.1) is 12.3 Å². The Hall–Kier alpha value is -1.25. The van der Waals surface area contributed by atoms with Crippen molar-refractivity contribution in [3.8, 4) is 5.75 Å². The summed E-state index contributed by atoms with van der Waals surface area (Å²) in [6.07, 6.45) is 0. The average molecular weight is 197 g/mol. The third kappa shape index (κ3) is 2.91. The molecule has 0 aliphatic rings. The molecule has 0 saturated heterocycles. The lowest BCUT2D eigenvalue weighted by Crippen LogP contribution is -2.11. The van der Waals surface area contributed by atoms with Crippen molar-refractivity contribution in [2.24, 2.45) is 0 Å². The second-order valence-electron chi connectivity index (χ2n) is 3.37. The van der Waals surface area contributed by atoms with E-state index in [0.717, 1.165) is 5.69 Å². The Balaban J connectivity index is 2.89. The molecule has 3 heteroatoms. The Kier molecular flexibility index (Phi) is 3.74. The molecule has 0 bridgehead atoms. The molecule has 0 fully saturated rings. The zero-order chi connectivity index (χ0) is 10.6. The summed E-state index contributed by atoms with van der Waals surface area (Å²) in [5.74, 6) is 0.295. The van der Waals surface area contributed by atoms with Crippen molar-refractivity contribution in [1.29, 1.82) is 0 Å². The summed E-state index contributed by atoms with van der Waals surface area (Å²) >= 11 is 0. The number of halogens is 1. The summed E-state index contributed by atoms with van der Waals surface area (Å²) < 4.78 is 18.2. The third-order valence-electron chi connectivity index (χ3n) is 1.69. The molecule has 0 amide bonds. The van der Waals surface area contributed by atoms with E-state index in [1.807, 2.05) is 20.8 Å². The molecule has 2 nitrogen and oxygen atoms in total. The average Bonchev–Trinajstić information content (AvgIpc) is 2.09. The topological polar surface area (TPSA) is 21.3 Å². The van der Waals surface area contributed by atoms with Crippen LogP contribution in [0.5, 0.6) is 5.75 Å². The van der Waals surface area contributed by atoms with E-state index in [0.29, 0.717) is 18.4 Å². The summed E-state index contributed by atoms with van der Waals surface area (Å²) in [6, 6.07) is 4.82. The van der Waals surface area contributed by atoms with Gasteiger partial charge >= 0.3 is 0 Å². The second kappa shape index (κ2) is 4.84. The van der Waals surface area contributed by atoms with Crippen LogP contribution >= 0.6 is 0 Å². The fraction of sp³-hybridized carbons (Fsp3) is 0.455. The summed E-state index contributed by atoms with van der Waals surface area (Å²) in [5.41, 5.74) is 0.836. The van der Waals surface area contributed by atoms with E-state index in [2.05, 4.69) is 5.32 Å². The Morgan fingerprint density at radius 1 is 1.43 bits per heavy atom. The van der Waals surface area contributed by atoms with E-state index < -0.39 is 0 Å². The van der Waals surface area contributed by atoms with Crippen molar-refractivity contribution in [3.05, 3.63) is 24.0 Å². The molecule has 78 valence electrons. The van der Waals surface area contributed by atoms with Gasteiger partial charge in [0.25, 0.3) is 0 Å². The van der Waals surface area contributed by atoms with Crippen molar-refractivity contribution < 1.29 is 9.13 Å². The van der Waals surface area contributed by atoms with Crippen molar-refractivity contribution in [2.45, 2.75) is 26.8 Å². The molecule has 1 aromatic rings. The predicted octanol–water partition coefficient (Wildman–Crippen LogP) is 3.04. The van der Waals surface area contributed by atoms with Crippen LogP contribution in [0.4, 0.5) is 10.1 Å². The zero-order valence-corrected chi connectivity index (χ0v) is 8.80. The van der Waals surface area contributed by atoms with Crippen LogP contribution < -0.4 is 10.1 Å². The lowest BCUT2D eigenvalue weighted by Gasteiger charge is -2.14. The van der Waals surface area contributed by atoms with Crippen LogP contribution in [0.25, 0.3) is 0 Å². The van der Waals surface area contributed by atoms with Crippen LogP contribution in [0.2, 0.25) is 0 Å². The maximum atomic E-state index is 12.9. The third-order valence-corrected chi connectivity index (χ3v) is 1.69. The number of hydrogen-bond acceptors (Lipinski definition) is 2. The van der Waals surface area contributed by atoms with Gasteiger partial charge in [0.1, 0.15) is 11.6 Å². The second-order valence-corrected chi connectivity index (χ2v) is 3.37. The van der Waals surface area contributed by atoms with E-state index in [9.17, 15) is 4.39 Å². The monoisotopic (exact) mass is 197 g/mol. The highest BCUT2D eigenvalue weighted by molar-refractivity contribution is 5.56. The lowest BCUT2D eigenvalue weighted by atomic mass is 10.2. The number of nitrogens with one attached hydrogen (secondary N) is 1. The number of rotatable bonds is 4. The highest BCUT2D eigenvalue weighted by atomic mass is 19.1. The first-order valence-corrected chi connectivity index (χ1v) is 4.82. The van der Waals surface area contributed by atoms with Gasteiger partial charge in [-0.05, 0) is 32.9 Å². The summed E-state index contributed by atoms with van der Waals surface area (Å²) in [7, 11) is 0. The summed E-state index contributed by atoms with van der Waals surface area (Å²) in [5, 5.41) is 3.19. The van der Waals surface area contributed by atoms with Gasteiger partial charge in [-0.25, -0.2) is 4.39 Å². The SMILES string of the molecule is CCOc1cc(F)ccc1NC(C)C. The predicted molar refractivity (Wildman–Crippen MR) is 56.3 cm³/mol. The maximum absolute atomic E-state index is 12.9. The number of ether oxygens (including phenoxy) is 1. The van der Waals surface area contributed by atoms with E-state index in [1.54, 1.807) is 6.07 Å². The molecular formula is C11H16FNO. The van der Waals surface area contributed by atoms with Gasteiger partial charge in [-0.3, -0.25) is 0 Å². The van der Waals surface area contributed by atoms with E-state index in [4.69, 9.17) is 4.74 Å². The Labute approximate surface area is 84.1 Å². The number of hydrogen-bond donors (Lipinski definition) is 1. The molecule has 1 N–H and O–H groups in total. The van der Waals surface area contributed by atoms with Crippen molar-refractivity contribution in [1.82, 2.24) is 0 Å². The quantitative estimate of drug-likeness (QED) is 0.801. The fourth-order valence-electron chi connectivity index (χ4n) is 1.20. The number of benzene rings is 1. The molecule has 1 aromatic carbocycles. The molecule has 0 atom stereocenters. The molecular weight excluding hydrogens is 181 g/mol. The molecule has 0 unspecified atom stereocenters. The zero-order valence-electron chi connectivity index (χ0n) is 8.80. The Bertz CT molecular complexity index is 299. The normalized spacial score (nSPS) is 10.4. The minimum atomic E-state index is -0.275. The molecule has 14 heavy (non-hydrogen) atoms. The minimum Gasteiger partial charge on any atom is -0.492 e. The van der Waals surface area contributed by atoms with E-state index in [1.165, 1.54) is 12.1 Å². The van der Waals surface area contributed by atoms with Crippen LogP contribution in [0.15, 0.2) is 18.2 Å². The molecule has 0 spiro atoms. The largest absolute Gasteiger partial charge is 0.492 e. The Morgan fingerprint density at radius 2 is 2.14 bits per heavy atom. The summed E-state index contributed by atoms with van der Waals surface area (Å²) in [6.45, 7) is 6.47. The first kappa shape index (κ1) is 10.8. The minimum absolute atomic E-state index is 0.275. The smallest absolute Gasteiger partial charge is 0.145 e. The lowest BCUT2D eigenvalue weighted by molar-refractivity contribution is 0.339. The highest BCUT2D eigenvalue weighted by Gasteiger charge is 2.05. The van der Waals surface area contributed by atoms with Gasteiger partial charge in [0, 0.05) is 12.1 Å². The van der Waals surface area contributed by atoms with Gasteiger partial charge in [-0.2, -0.15) is 0 Å². The van der Waals surface area contributed by atoms with E-state index >= 15 is 0 Å². The molecule has 0 saturated carbocycles. The van der Waals surface area contributed by atoms with Crippen LogP contribution in [0.3, 0.4) is 0 Å². The van der Waals surface area contributed by atoms with Gasteiger partial charge in [-0.1, -0.05) is 0 Å². The first-order chi connectivity index (χ1) is 6.63. The highest BCUT2D eigenvalue weighted by Crippen LogP contribution is 2.25. The van der Waals surface area contributed by atoms with Crippen molar-refractivity contribution >= 4 is 5.69 Å². The fourth-order valence-corrected chi connectivity index (χ4v) is 1.20. The number of anilines is 1. The molecule has 0 aliphatic heterocycles. The molecule has 0 heterocycles. The Morgan fingerprint density at radius 3 is 2.71 bits per heavy atom. The molecule has 1 rings (SSSR count). The molecule has 0 aromatic heterocycles. The van der Waals surface area contributed by atoms with Crippen molar-refractivity contribution in [2.75, 3.05) is 11.9 Å². The van der Waals surface area contributed by atoms with Crippen LogP contribution in [0, 0.1) is 5.82 Å². The van der Waals surface area contributed by atoms with Crippen LogP contribution in [-0.4, -0.2) is 12.6 Å². The summed E-state index contributed by atoms with van der Waals surface area (Å²) in [4.78, 5) is 0. The molecule has 0 radical (unpaired) electrons. The van der Waals surface area contributed by atoms with Gasteiger partial charge in [-0.15, -0.1) is 0 Å². The van der Waals surface area contributed by atoms with Crippen LogP contribution in [-0.2, 0) is 0 Å². The van der Waals surface area contributed by atoms with Gasteiger partial charge in [0.15, 0.2) is 0 Å².